The fourth-order valence-electron chi connectivity index (χ4n) is 1.57. The van der Waals surface area contributed by atoms with Crippen LogP contribution in [0.4, 0.5) is 0 Å². The highest BCUT2D eigenvalue weighted by molar-refractivity contribution is 5.82. The van der Waals surface area contributed by atoms with E-state index in [4.69, 9.17) is 4.74 Å². The Labute approximate surface area is 79.0 Å². The van der Waals surface area contributed by atoms with Gasteiger partial charge in [0.2, 0.25) is 5.91 Å². The molecule has 0 aromatic rings. The lowest BCUT2D eigenvalue weighted by atomic mass is 10.1. The summed E-state index contributed by atoms with van der Waals surface area (Å²) in [4.78, 5) is 11.3. The molecule has 0 aromatic heterocycles. The van der Waals surface area contributed by atoms with Crippen molar-refractivity contribution in [3.05, 3.63) is 0 Å². The smallest absolute Gasteiger partial charge is 0.237 e. The molecule has 13 heavy (non-hydrogen) atoms. The predicted octanol–water partition coefficient (Wildman–Crippen LogP) is -0.110. The summed E-state index contributed by atoms with van der Waals surface area (Å²) in [6.45, 7) is 3.48. The molecule has 1 heterocycles. The maximum absolute atomic E-state index is 11.3. The van der Waals surface area contributed by atoms with E-state index in [0.717, 1.165) is 19.4 Å². The van der Waals surface area contributed by atoms with E-state index in [0.29, 0.717) is 6.61 Å². The third-order valence-corrected chi connectivity index (χ3v) is 2.19. The van der Waals surface area contributed by atoms with E-state index >= 15 is 0 Å². The zero-order valence-corrected chi connectivity index (χ0v) is 8.30. The number of ether oxygens (including phenoxy) is 1. The van der Waals surface area contributed by atoms with E-state index in [1.54, 1.807) is 7.11 Å². The van der Waals surface area contributed by atoms with Crippen molar-refractivity contribution in [2.75, 3.05) is 20.3 Å². The van der Waals surface area contributed by atoms with Crippen LogP contribution in [0, 0.1) is 0 Å². The van der Waals surface area contributed by atoms with Crippen LogP contribution in [-0.2, 0) is 9.53 Å². The monoisotopic (exact) mass is 186 g/mol. The molecule has 1 rings (SSSR count). The minimum atomic E-state index is -0.0288. The molecule has 1 amide bonds. The third kappa shape index (κ3) is 3.32. The molecule has 1 saturated heterocycles. The normalized spacial score (nSPS) is 25.4. The first-order valence-electron chi connectivity index (χ1n) is 4.76. The van der Waals surface area contributed by atoms with E-state index < -0.39 is 0 Å². The van der Waals surface area contributed by atoms with E-state index in [1.165, 1.54) is 0 Å². The number of methoxy groups -OCH3 is 1. The van der Waals surface area contributed by atoms with Gasteiger partial charge in [0.05, 0.1) is 12.6 Å². The number of piperidine rings is 1. The highest BCUT2D eigenvalue weighted by Crippen LogP contribution is 2.03. The molecular formula is C9H18N2O2. The topological polar surface area (TPSA) is 50.4 Å². The van der Waals surface area contributed by atoms with Gasteiger partial charge in [-0.1, -0.05) is 0 Å². The van der Waals surface area contributed by atoms with Crippen molar-refractivity contribution in [2.24, 2.45) is 0 Å². The molecule has 0 aromatic carbocycles. The number of hydrogen-bond acceptors (Lipinski definition) is 3. The maximum Gasteiger partial charge on any atom is 0.237 e. The summed E-state index contributed by atoms with van der Waals surface area (Å²) in [5.74, 6) is 0.120. The Kier molecular flexibility index (Phi) is 4.18. The molecule has 0 spiro atoms. The summed E-state index contributed by atoms with van der Waals surface area (Å²) >= 11 is 0. The molecule has 2 atom stereocenters. The van der Waals surface area contributed by atoms with Crippen LogP contribution in [0.5, 0.6) is 0 Å². The van der Waals surface area contributed by atoms with Crippen molar-refractivity contribution >= 4 is 5.91 Å². The van der Waals surface area contributed by atoms with Crippen molar-refractivity contribution < 1.29 is 9.53 Å². The lowest BCUT2D eigenvalue weighted by Crippen LogP contribution is -2.51. The van der Waals surface area contributed by atoms with Gasteiger partial charge in [-0.05, 0) is 19.8 Å². The minimum Gasteiger partial charge on any atom is -0.383 e. The first-order valence-corrected chi connectivity index (χ1v) is 4.76. The highest BCUT2D eigenvalue weighted by atomic mass is 16.5. The van der Waals surface area contributed by atoms with Crippen LogP contribution < -0.4 is 10.6 Å². The summed E-state index contributed by atoms with van der Waals surface area (Å²) in [6.07, 6.45) is 1.99. The molecule has 0 saturated carbocycles. The van der Waals surface area contributed by atoms with Gasteiger partial charge in [-0.3, -0.25) is 4.79 Å². The quantitative estimate of drug-likeness (QED) is 0.644. The van der Waals surface area contributed by atoms with Gasteiger partial charge in [0, 0.05) is 19.7 Å². The first kappa shape index (κ1) is 10.5. The van der Waals surface area contributed by atoms with Gasteiger partial charge in [-0.25, -0.2) is 0 Å². The molecule has 1 aliphatic rings. The van der Waals surface area contributed by atoms with Crippen LogP contribution >= 0.6 is 0 Å². The summed E-state index contributed by atoms with van der Waals surface area (Å²) in [5.41, 5.74) is 0. The van der Waals surface area contributed by atoms with Crippen LogP contribution in [0.1, 0.15) is 19.8 Å². The van der Waals surface area contributed by atoms with Crippen molar-refractivity contribution in [1.29, 1.82) is 0 Å². The first-order chi connectivity index (χ1) is 6.24. The summed E-state index contributed by atoms with van der Waals surface area (Å²) < 4.78 is 4.99. The zero-order valence-electron chi connectivity index (χ0n) is 8.30. The van der Waals surface area contributed by atoms with Crippen molar-refractivity contribution in [3.8, 4) is 0 Å². The average molecular weight is 186 g/mol. The number of nitrogens with one attached hydrogen (secondary N) is 2. The Morgan fingerprint density at radius 2 is 2.54 bits per heavy atom. The summed E-state index contributed by atoms with van der Waals surface area (Å²) in [6, 6.07) is 0.206. The van der Waals surface area contributed by atoms with Gasteiger partial charge in [0.15, 0.2) is 0 Å². The van der Waals surface area contributed by atoms with Crippen molar-refractivity contribution in [1.82, 2.24) is 10.6 Å². The number of hydrogen-bond donors (Lipinski definition) is 2. The van der Waals surface area contributed by atoms with Crippen LogP contribution in [-0.4, -0.2) is 38.3 Å². The van der Waals surface area contributed by atoms with Gasteiger partial charge in [-0.15, -0.1) is 0 Å². The summed E-state index contributed by atoms with van der Waals surface area (Å²) in [5, 5.41) is 6.07. The second-order valence-corrected chi connectivity index (χ2v) is 3.51. The van der Waals surface area contributed by atoms with E-state index in [1.807, 2.05) is 6.92 Å². The molecular weight excluding hydrogens is 168 g/mol. The van der Waals surface area contributed by atoms with Gasteiger partial charge in [-0.2, -0.15) is 0 Å². The Balaban J connectivity index is 2.29. The van der Waals surface area contributed by atoms with E-state index in [-0.39, 0.29) is 18.0 Å². The Morgan fingerprint density at radius 3 is 3.15 bits per heavy atom. The third-order valence-electron chi connectivity index (χ3n) is 2.19. The van der Waals surface area contributed by atoms with Gasteiger partial charge >= 0.3 is 0 Å². The molecule has 0 radical (unpaired) electrons. The Bertz CT molecular complexity index is 173. The number of rotatable bonds is 4. The SMILES string of the molecule is COCC(C)NC1CCCNC1=O. The molecule has 0 bridgehead atoms. The highest BCUT2D eigenvalue weighted by Gasteiger charge is 2.22. The Hall–Kier alpha value is -0.610. The number of carbonyl (C=O) groups is 1. The van der Waals surface area contributed by atoms with Gasteiger partial charge in [0.25, 0.3) is 0 Å². The second kappa shape index (κ2) is 5.19. The van der Waals surface area contributed by atoms with Crippen LogP contribution in [0.2, 0.25) is 0 Å². The lowest BCUT2D eigenvalue weighted by molar-refractivity contribution is -0.124. The molecule has 1 aliphatic heterocycles. The van der Waals surface area contributed by atoms with E-state index in [2.05, 4.69) is 10.6 Å². The van der Waals surface area contributed by atoms with Crippen LogP contribution in [0.3, 0.4) is 0 Å². The molecule has 0 aliphatic carbocycles. The fourth-order valence-corrected chi connectivity index (χ4v) is 1.57. The predicted molar refractivity (Wildman–Crippen MR) is 50.5 cm³/mol. The van der Waals surface area contributed by atoms with Crippen LogP contribution in [0.25, 0.3) is 0 Å². The molecule has 4 nitrogen and oxygen atoms in total. The zero-order chi connectivity index (χ0) is 9.68. The van der Waals surface area contributed by atoms with Gasteiger partial charge < -0.3 is 15.4 Å². The maximum atomic E-state index is 11.3. The molecule has 1 fully saturated rings. The standard InChI is InChI=1S/C9H18N2O2/c1-7(6-13-2)11-8-4-3-5-10-9(8)12/h7-8,11H,3-6H2,1-2H3,(H,10,12). The fraction of sp³-hybridized carbons (Fsp3) is 0.889. The molecule has 2 N–H and O–H groups in total. The van der Waals surface area contributed by atoms with Crippen LogP contribution in [0.15, 0.2) is 0 Å². The van der Waals surface area contributed by atoms with Crippen molar-refractivity contribution in [3.63, 3.8) is 0 Å². The summed E-state index contributed by atoms with van der Waals surface area (Å²) in [7, 11) is 1.67. The van der Waals surface area contributed by atoms with Gasteiger partial charge in [0.1, 0.15) is 0 Å². The number of carbonyl (C=O) groups excluding carboxylic acids is 1. The Morgan fingerprint density at radius 1 is 1.77 bits per heavy atom. The molecule has 76 valence electrons. The largest absolute Gasteiger partial charge is 0.383 e. The second-order valence-electron chi connectivity index (χ2n) is 3.51. The number of amides is 1. The minimum absolute atomic E-state index is 0.0288. The average Bonchev–Trinajstić information content (AvgIpc) is 2.09. The molecule has 4 heteroatoms. The lowest BCUT2D eigenvalue weighted by Gasteiger charge is -2.25. The van der Waals surface area contributed by atoms with Crippen molar-refractivity contribution in [2.45, 2.75) is 31.8 Å². The van der Waals surface area contributed by atoms with E-state index in [9.17, 15) is 4.79 Å². The molecule has 2 unspecified atom stereocenters.